The normalized spacial score (nSPS) is 17.0. The topological polar surface area (TPSA) is 121 Å². The van der Waals surface area contributed by atoms with Gasteiger partial charge in [0.25, 0.3) is 0 Å². The highest BCUT2D eigenvalue weighted by Gasteiger charge is 2.36. The lowest BCUT2D eigenvalue weighted by Gasteiger charge is -2.22. The Hall–Kier alpha value is -3.04. The Morgan fingerprint density at radius 3 is 2.37 bits per heavy atom. The van der Waals surface area contributed by atoms with Crippen LogP contribution in [0.4, 0.5) is 5.82 Å². The molecular weight excluding hydrogens is 464 g/mol. The van der Waals surface area contributed by atoms with Crippen molar-refractivity contribution in [2.75, 3.05) is 18.8 Å². The van der Waals surface area contributed by atoms with Gasteiger partial charge < -0.3 is 20.1 Å². The molecule has 1 aliphatic carbocycles. The summed E-state index contributed by atoms with van der Waals surface area (Å²) in [6.07, 6.45) is 11.9. The van der Waals surface area contributed by atoms with E-state index in [2.05, 4.69) is 52.0 Å². The number of nitrogens with one attached hydrogen (secondary N) is 1. The van der Waals surface area contributed by atoms with Crippen molar-refractivity contribution >= 4 is 29.3 Å². The average molecular weight is 495 g/mol. The van der Waals surface area contributed by atoms with Crippen LogP contribution < -0.4 is 11.1 Å². The average Bonchev–Trinajstić information content (AvgIpc) is 3.45. The fraction of sp³-hybridized carbons (Fsp3) is 0.480. The van der Waals surface area contributed by atoms with Gasteiger partial charge in [0.2, 0.25) is 0 Å². The van der Waals surface area contributed by atoms with Gasteiger partial charge in [-0.2, -0.15) is 0 Å². The molecule has 1 aliphatic heterocycles. The van der Waals surface area contributed by atoms with Crippen LogP contribution in [-0.4, -0.2) is 42.7 Å². The van der Waals surface area contributed by atoms with E-state index in [1.165, 1.54) is 11.9 Å². The Morgan fingerprint density at radius 2 is 1.71 bits per heavy atom. The van der Waals surface area contributed by atoms with E-state index >= 15 is 0 Å². The first-order valence-corrected chi connectivity index (χ1v) is 12.1. The molecule has 6 rings (SSSR count). The molecule has 5 heterocycles. The zero-order valence-corrected chi connectivity index (χ0v) is 21.1. The second-order valence-corrected chi connectivity index (χ2v) is 10.5. The number of nitrogens with two attached hydrogens (primary N) is 1. The van der Waals surface area contributed by atoms with Gasteiger partial charge in [-0.3, -0.25) is 0 Å². The quantitative estimate of drug-likeness (QED) is 0.420. The monoisotopic (exact) mass is 494 g/mol. The molecule has 0 amide bonds. The van der Waals surface area contributed by atoms with Gasteiger partial charge in [0, 0.05) is 35.6 Å². The van der Waals surface area contributed by atoms with E-state index in [-0.39, 0.29) is 17.9 Å². The zero-order chi connectivity index (χ0) is 23.4. The number of rotatable bonds is 4. The number of halogens is 1. The number of anilines is 1. The molecule has 0 radical (unpaired) electrons. The van der Waals surface area contributed by atoms with Crippen molar-refractivity contribution < 1.29 is 4.52 Å². The highest BCUT2D eigenvalue weighted by molar-refractivity contribution is 6.02. The fourth-order valence-electron chi connectivity index (χ4n) is 4.94. The fourth-order valence-corrected chi connectivity index (χ4v) is 4.94. The van der Waals surface area contributed by atoms with Gasteiger partial charge in [-0.25, -0.2) is 19.9 Å². The van der Waals surface area contributed by atoms with Crippen LogP contribution in [0.3, 0.4) is 0 Å². The van der Waals surface area contributed by atoms with Crippen LogP contribution in [0.25, 0.3) is 33.7 Å². The predicted octanol–water partition coefficient (Wildman–Crippen LogP) is 4.65. The molecule has 0 unspecified atom stereocenters. The van der Waals surface area contributed by atoms with Crippen LogP contribution >= 0.6 is 12.4 Å². The molecule has 0 bridgehead atoms. The summed E-state index contributed by atoms with van der Waals surface area (Å²) in [5.74, 6) is 2.78. The Balaban J connectivity index is 0.00000253. The molecule has 184 valence electrons. The zero-order valence-electron chi connectivity index (χ0n) is 20.3. The highest BCUT2D eigenvalue weighted by atomic mass is 35.5. The first-order valence-electron chi connectivity index (χ1n) is 12.1. The highest BCUT2D eigenvalue weighted by Crippen LogP contribution is 2.48. The number of nitrogens with zero attached hydrogens (tertiary/aromatic N) is 6. The summed E-state index contributed by atoms with van der Waals surface area (Å²) in [6.45, 7) is 8.48. The van der Waals surface area contributed by atoms with E-state index in [0.29, 0.717) is 29.2 Å². The Bertz CT molecular complexity index is 1340. The maximum absolute atomic E-state index is 6.36. The molecule has 0 aromatic carbocycles. The first-order chi connectivity index (χ1) is 16.4. The molecule has 0 spiro atoms. The smallest absolute Gasteiger partial charge is 0.165 e. The lowest BCUT2D eigenvalue weighted by molar-refractivity contribution is 0.386. The molecule has 2 aliphatic rings. The van der Waals surface area contributed by atoms with Gasteiger partial charge in [-0.15, -0.1) is 12.4 Å². The van der Waals surface area contributed by atoms with Crippen molar-refractivity contribution in [2.24, 2.45) is 0 Å². The van der Waals surface area contributed by atoms with Crippen molar-refractivity contribution in [3.05, 3.63) is 36.2 Å². The molecule has 10 heteroatoms. The lowest BCUT2D eigenvalue weighted by Crippen LogP contribution is -2.26. The maximum atomic E-state index is 6.36. The summed E-state index contributed by atoms with van der Waals surface area (Å²) < 4.78 is 8.05. The molecule has 1 saturated heterocycles. The largest absolute Gasteiger partial charge is 0.383 e. The Morgan fingerprint density at radius 1 is 1.00 bits per heavy atom. The van der Waals surface area contributed by atoms with Crippen LogP contribution in [0, 0.1) is 0 Å². The molecule has 2 fully saturated rings. The third-order valence-corrected chi connectivity index (χ3v) is 6.96. The van der Waals surface area contributed by atoms with Gasteiger partial charge in [0.1, 0.15) is 23.5 Å². The molecule has 1 saturated carbocycles. The first kappa shape index (κ1) is 23.7. The summed E-state index contributed by atoms with van der Waals surface area (Å²) in [4.78, 5) is 18.4. The SMILES string of the molecule is CC(C)(C)n1cc(-c2noc(C3CC3)c2-c2ncc(C3CCNCC3)cn2)c2c(N)ncnc21.Cl. The van der Waals surface area contributed by atoms with Crippen LogP contribution in [0.15, 0.2) is 29.4 Å². The van der Waals surface area contributed by atoms with E-state index in [0.717, 1.165) is 66.7 Å². The van der Waals surface area contributed by atoms with E-state index in [1.54, 1.807) is 0 Å². The van der Waals surface area contributed by atoms with Crippen LogP contribution in [0.5, 0.6) is 0 Å². The molecular formula is C25H31ClN8O. The molecule has 4 aromatic rings. The van der Waals surface area contributed by atoms with Crippen molar-refractivity contribution in [3.8, 4) is 22.6 Å². The second kappa shape index (κ2) is 8.87. The molecule has 3 N–H and O–H groups in total. The summed E-state index contributed by atoms with van der Waals surface area (Å²) in [6, 6.07) is 0. The number of fused-ring (bicyclic) bond motifs is 1. The Labute approximate surface area is 210 Å². The van der Waals surface area contributed by atoms with Gasteiger partial charge >= 0.3 is 0 Å². The van der Waals surface area contributed by atoms with Crippen LogP contribution in [-0.2, 0) is 5.54 Å². The van der Waals surface area contributed by atoms with Gasteiger partial charge in [0.05, 0.1) is 10.9 Å². The molecule has 35 heavy (non-hydrogen) atoms. The molecule has 9 nitrogen and oxygen atoms in total. The third kappa shape index (κ3) is 4.16. The van der Waals surface area contributed by atoms with E-state index in [9.17, 15) is 0 Å². The van der Waals surface area contributed by atoms with Crippen LogP contribution in [0.2, 0.25) is 0 Å². The Kier molecular flexibility index (Phi) is 6.01. The summed E-state index contributed by atoms with van der Waals surface area (Å²) in [5.41, 5.74) is 10.5. The predicted molar refractivity (Wildman–Crippen MR) is 138 cm³/mol. The van der Waals surface area contributed by atoms with E-state index in [1.807, 2.05) is 12.4 Å². The van der Waals surface area contributed by atoms with Crippen molar-refractivity contribution in [3.63, 3.8) is 0 Å². The third-order valence-electron chi connectivity index (χ3n) is 6.96. The number of hydrogen-bond acceptors (Lipinski definition) is 8. The van der Waals surface area contributed by atoms with Crippen molar-refractivity contribution in [1.82, 2.24) is 35.0 Å². The van der Waals surface area contributed by atoms with Crippen molar-refractivity contribution in [2.45, 2.75) is 63.8 Å². The van der Waals surface area contributed by atoms with Gasteiger partial charge in [0.15, 0.2) is 11.6 Å². The molecule has 0 atom stereocenters. The summed E-state index contributed by atoms with van der Waals surface area (Å²) in [7, 11) is 0. The van der Waals surface area contributed by atoms with Crippen molar-refractivity contribution in [1.29, 1.82) is 0 Å². The standard InChI is InChI=1S/C25H30N8O.ClH/c1-25(2,3)33-12-17(18-22(26)30-13-31-24(18)33)20-19(21(34-32-20)15-4-5-15)23-28-10-16(11-29-23)14-6-8-27-9-7-14;/h10-15,27H,4-9H2,1-3H3,(H2,26,30,31);1H. The van der Waals surface area contributed by atoms with Gasteiger partial charge in [-0.05, 0) is 71.0 Å². The maximum Gasteiger partial charge on any atom is 0.165 e. The number of hydrogen-bond donors (Lipinski definition) is 2. The number of aromatic nitrogens is 6. The minimum atomic E-state index is -0.201. The van der Waals surface area contributed by atoms with Gasteiger partial charge in [-0.1, -0.05) is 5.16 Å². The molecule has 4 aromatic heterocycles. The minimum absolute atomic E-state index is 0. The second-order valence-electron chi connectivity index (χ2n) is 10.5. The number of piperidine rings is 1. The lowest BCUT2D eigenvalue weighted by atomic mass is 9.92. The number of nitrogen functional groups attached to an aromatic ring is 1. The van der Waals surface area contributed by atoms with E-state index < -0.39 is 0 Å². The van der Waals surface area contributed by atoms with E-state index in [4.69, 9.17) is 20.2 Å². The minimum Gasteiger partial charge on any atom is -0.383 e. The summed E-state index contributed by atoms with van der Waals surface area (Å²) in [5, 5.41) is 8.73. The van der Waals surface area contributed by atoms with Crippen LogP contribution in [0.1, 0.15) is 69.6 Å². The summed E-state index contributed by atoms with van der Waals surface area (Å²) >= 11 is 0.